The molecule has 91 valence electrons. The molecule has 0 heterocycles. The molecule has 2 aromatic rings. The average Bonchev–Trinajstić information content (AvgIpc) is 2.35. The average molecular weight is 260 g/mol. The van der Waals surface area contributed by atoms with Gasteiger partial charge in [0.15, 0.2) is 0 Å². The van der Waals surface area contributed by atoms with Gasteiger partial charge in [0.05, 0.1) is 0 Å². The van der Waals surface area contributed by atoms with Crippen molar-refractivity contribution in [3.05, 3.63) is 71.3 Å². The van der Waals surface area contributed by atoms with Crippen LogP contribution in [0.2, 0.25) is 0 Å². The van der Waals surface area contributed by atoms with Crippen molar-refractivity contribution in [3.63, 3.8) is 0 Å². The molecule has 4 heteroatoms. The van der Waals surface area contributed by atoms with Crippen LogP contribution >= 0.6 is 0 Å². The molecular weight excluding hydrogens is 248 g/mol. The predicted molar refractivity (Wildman–Crippen MR) is 67.8 cm³/mol. The fourth-order valence-electron chi connectivity index (χ4n) is 1.68. The molecular formula is C14H12F2NSi. The van der Waals surface area contributed by atoms with Gasteiger partial charge >= 0.3 is 0 Å². The number of hydrogen-bond acceptors (Lipinski definition) is 1. The second-order valence-electron chi connectivity index (χ2n) is 4.11. The molecule has 0 aliphatic carbocycles. The molecule has 2 aromatic carbocycles. The van der Waals surface area contributed by atoms with Crippen LogP contribution in [-0.2, 0) is 13.1 Å². The summed E-state index contributed by atoms with van der Waals surface area (Å²) in [4.78, 5) is 0. The first kappa shape index (κ1) is 12.9. The van der Waals surface area contributed by atoms with E-state index in [0.29, 0.717) is 13.1 Å². The number of benzene rings is 2. The standard InChI is InChI=1S/C14H12F2NSi/c15-13-5-1-11(2-6-13)9-17(18)10-12-3-7-14(16)8-4-12/h1-8H,9-10H2. The minimum atomic E-state index is -0.238. The maximum Gasteiger partial charge on any atom is 0.144 e. The second-order valence-corrected chi connectivity index (χ2v) is 4.74. The van der Waals surface area contributed by atoms with Gasteiger partial charge in [0.2, 0.25) is 0 Å². The summed E-state index contributed by atoms with van der Waals surface area (Å²) < 4.78 is 27.4. The molecule has 0 atom stereocenters. The summed E-state index contributed by atoms with van der Waals surface area (Å²) in [6.07, 6.45) is 0. The maximum absolute atomic E-state index is 12.7. The Morgan fingerprint density at radius 1 is 0.722 bits per heavy atom. The van der Waals surface area contributed by atoms with Crippen LogP contribution in [0.25, 0.3) is 0 Å². The molecule has 0 spiro atoms. The van der Waals surface area contributed by atoms with Crippen LogP contribution < -0.4 is 0 Å². The highest BCUT2D eigenvalue weighted by Crippen LogP contribution is 2.09. The van der Waals surface area contributed by atoms with Gasteiger partial charge in [-0.05, 0) is 35.4 Å². The van der Waals surface area contributed by atoms with Gasteiger partial charge in [0.1, 0.15) is 22.0 Å². The summed E-state index contributed by atoms with van der Waals surface area (Å²) in [6.45, 7) is 1.29. The Labute approximate surface area is 109 Å². The van der Waals surface area contributed by atoms with Crippen LogP contribution in [0.1, 0.15) is 11.1 Å². The normalized spacial score (nSPS) is 10.9. The third-order valence-corrected chi connectivity index (χ3v) is 2.89. The summed E-state index contributed by atoms with van der Waals surface area (Å²) in [5, 5.41) is 0. The molecule has 0 aliphatic rings. The first-order valence-corrected chi connectivity index (χ1v) is 6.03. The molecule has 0 aromatic heterocycles. The number of hydrogen-bond donors (Lipinski definition) is 0. The van der Waals surface area contributed by atoms with Crippen LogP contribution in [0.4, 0.5) is 8.78 Å². The number of nitrogens with zero attached hydrogens (tertiary/aromatic N) is 1. The molecule has 0 unspecified atom stereocenters. The quantitative estimate of drug-likeness (QED) is 0.764. The molecule has 0 N–H and O–H groups in total. The van der Waals surface area contributed by atoms with E-state index in [4.69, 9.17) is 0 Å². The molecule has 0 saturated heterocycles. The molecule has 0 fully saturated rings. The summed E-state index contributed by atoms with van der Waals surface area (Å²) in [6, 6.07) is 12.7. The molecule has 0 aliphatic heterocycles. The van der Waals surface area contributed by atoms with E-state index in [1.807, 2.05) is 4.57 Å². The lowest BCUT2D eigenvalue weighted by Gasteiger charge is -2.16. The lowest BCUT2D eigenvalue weighted by atomic mass is 10.2. The van der Waals surface area contributed by atoms with Crippen LogP contribution in [0.3, 0.4) is 0 Å². The second kappa shape index (κ2) is 5.89. The highest BCUT2D eigenvalue weighted by atomic mass is 28.2. The first-order valence-electron chi connectivity index (χ1n) is 5.58. The van der Waals surface area contributed by atoms with Gasteiger partial charge in [-0.25, -0.2) is 8.78 Å². The fourth-order valence-corrected chi connectivity index (χ4v) is 2.04. The Kier molecular flexibility index (Phi) is 4.22. The van der Waals surface area contributed by atoms with E-state index in [0.717, 1.165) is 11.1 Å². The number of rotatable bonds is 4. The van der Waals surface area contributed by atoms with Crippen molar-refractivity contribution < 1.29 is 8.78 Å². The van der Waals surface area contributed by atoms with E-state index >= 15 is 0 Å². The molecule has 0 saturated carbocycles. The minimum absolute atomic E-state index is 0.238. The largest absolute Gasteiger partial charge is 0.319 e. The van der Waals surface area contributed by atoms with E-state index in [1.54, 1.807) is 24.3 Å². The van der Waals surface area contributed by atoms with E-state index in [-0.39, 0.29) is 11.6 Å². The predicted octanol–water partition coefficient (Wildman–Crippen LogP) is 3.05. The Bertz CT molecular complexity index is 449. The molecule has 2 rings (SSSR count). The SMILES string of the molecule is Fc1ccc(CN([Si])Cc2ccc(F)cc2)cc1. The maximum atomic E-state index is 12.7. The van der Waals surface area contributed by atoms with E-state index in [2.05, 4.69) is 10.4 Å². The molecule has 3 radical (unpaired) electrons. The minimum Gasteiger partial charge on any atom is -0.319 e. The summed E-state index contributed by atoms with van der Waals surface area (Å²) >= 11 is 0. The van der Waals surface area contributed by atoms with Crippen LogP contribution in [0.5, 0.6) is 0 Å². The third kappa shape index (κ3) is 3.75. The summed E-state index contributed by atoms with van der Waals surface area (Å²) in [5.41, 5.74) is 2.02. The van der Waals surface area contributed by atoms with Crippen molar-refractivity contribution in [2.45, 2.75) is 13.1 Å². The van der Waals surface area contributed by atoms with Crippen molar-refractivity contribution in [1.29, 1.82) is 0 Å². The van der Waals surface area contributed by atoms with Gasteiger partial charge in [0, 0.05) is 13.1 Å². The van der Waals surface area contributed by atoms with Gasteiger partial charge in [-0.1, -0.05) is 24.3 Å². The van der Waals surface area contributed by atoms with Gasteiger partial charge in [0.25, 0.3) is 0 Å². The summed E-state index contributed by atoms with van der Waals surface area (Å²) in [7, 11) is 3.49. The molecule has 1 nitrogen and oxygen atoms in total. The first-order chi connectivity index (χ1) is 8.63. The monoisotopic (exact) mass is 260 g/mol. The molecule has 18 heavy (non-hydrogen) atoms. The zero-order valence-corrected chi connectivity index (χ0v) is 10.7. The van der Waals surface area contributed by atoms with Crippen LogP contribution in [0, 0.1) is 11.6 Å². The Morgan fingerprint density at radius 3 is 1.39 bits per heavy atom. The van der Waals surface area contributed by atoms with Gasteiger partial charge in [-0.3, -0.25) is 0 Å². The van der Waals surface area contributed by atoms with E-state index in [1.165, 1.54) is 24.3 Å². The van der Waals surface area contributed by atoms with Crippen LogP contribution in [-0.4, -0.2) is 15.0 Å². The lowest BCUT2D eigenvalue weighted by Crippen LogP contribution is -2.19. The molecule has 0 amide bonds. The highest BCUT2D eigenvalue weighted by molar-refractivity contribution is 6.04. The van der Waals surface area contributed by atoms with Crippen molar-refractivity contribution in [3.8, 4) is 0 Å². The van der Waals surface area contributed by atoms with Gasteiger partial charge in [-0.2, -0.15) is 0 Å². The highest BCUT2D eigenvalue weighted by Gasteiger charge is 2.02. The summed E-state index contributed by atoms with van der Waals surface area (Å²) in [5.74, 6) is -0.476. The smallest absolute Gasteiger partial charge is 0.144 e. The Morgan fingerprint density at radius 2 is 1.06 bits per heavy atom. The van der Waals surface area contributed by atoms with Crippen molar-refractivity contribution in [1.82, 2.24) is 4.57 Å². The van der Waals surface area contributed by atoms with Crippen molar-refractivity contribution in [2.75, 3.05) is 0 Å². The fraction of sp³-hybridized carbons (Fsp3) is 0.143. The topological polar surface area (TPSA) is 3.24 Å². The Balaban J connectivity index is 1.94. The third-order valence-electron chi connectivity index (χ3n) is 2.57. The molecule has 0 bridgehead atoms. The lowest BCUT2D eigenvalue weighted by molar-refractivity contribution is 0.442. The zero-order valence-electron chi connectivity index (χ0n) is 9.74. The van der Waals surface area contributed by atoms with Gasteiger partial charge < -0.3 is 4.57 Å². The van der Waals surface area contributed by atoms with Gasteiger partial charge in [-0.15, -0.1) is 0 Å². The Hall–Kier alpha value is -1.52. The van der Waals surface area contributed by atoms with E-state index < -0.39 is 0 Å². The van der Waals surface area contributed by atoms with Crippen molar-refractivity contribution >= 4 is 10.4 Å². The number of halogens is 2. The van der Waals surface area contributed by atoms with Crippen LogP contribution in [0.15, 0.2) is 48.5 Å². The van der Waals surface area contributed by atoms with E-state index in [9.17, 15) is 8.78 Å². The van der Waals surface area contributed by atoms with Crippen molar-refractivity contribution in [2.24, 2.45) is 0 Å². The zero-order chi connectivity index (χ0) is 13.0.